The lowest BCUT2D eigenvalue weighted by Gasteiger charge is -2.08. The summed E-state index contributed by atoms with van der Waals surface area (Å²) in [5.74, 6) is 1.41. The quantitative estimate of drug-likeness (QED) is 0.857. The molecule has 0 aliphatic heterocycles. The zero-order valence-corrected chi connectivity index (χ0v) is 10.3. The molecule has 88 valence electrons. The lowest BCUT2D eigenvalue weighted by Crippen LogP contribution is -2.02. The van der Waals surface area contributed by atoms with Crippen molar-refractivity contribution >= 4 is 5.82 Å². The van der Waals surface area contributed by atoms with Crippen LogP contribution in [-0.4, -0.2) is 15.0 Å². The summed E-state index contributed by atoms with van der Waals surface area (Å²) in [4.78, 5) is 13.1. The van der Waals surface area contributed by atoms with Gasteiger partial charge in [-0.05, 0) is 25.0 Å². The summed E-state index contributed by atoms with van der Waals surface area (Å²) in [5.41, 5.74) is 8.44. The number of hydrogen-bond acceptors (Lipinski definition) is 4. The van der Waals surface area contributed by atoms with Gasteiger partial charge in [-0.2, -0.15) is 0 Å². The van der Waals surface area contributed by atoms with Gasteiger partial charge in [0.1, 0.15) is 11.5 Å². The summed E-state index contributed by atoms with van der Waals surface area (Å²) < 4.78 is 0. The van der Waals surface area contributed by atoms with Crippen LogP contribution in [0.2, 0.25) is 0 Å². The molecule has 0 aliphatic carbocycles. The smallest absolute Gasteiger partial charge is 0.180 e. The first-order valence-electron chi connectivity index (χ1n) is 5.65. The predicted molar refractivity (Wildman–Crippen MR) is 68.5 cm³/mol. The molecule has 4 heteroatoms. The molecule has 0 fully saturated rings. The van der Waals surface area contributed by atoms with Gasteiger partial charge in [-0.25, -0.2) is 15.0 Å². The van der Waals surface area contributed by atoms with Gasteiger partial charge in [0.25, 0.3) is 0 Å². The van der Waals surface area contributed by atoms with E-state index in [0.29, 0.717) is 17.6 Å². The Bertz CT molecular complexity index is 535. The number of hydrogen-bond donors (Lipinski definition) is 1. The Morgan fingerprint density at radius 3 is 2.53 bits per heavy atom. The molecule has 0 atom stereocenters. The van der Waals surface area contributed by atoms with Crippen LogP contribution in [0.1, 0.15) is 31.2 Å². The summed E-state index contributed by atoms with van der Waals surface area (Å²) in [5, 5.41) is 0. The number of aromatic nitrogens is 3. The SMILES string of the molecule is Cc1cccc(-c2nc(N)cc(C(C)C)n2)n1. The maximum atomic E-state index is 5.79. The van der Waals surface area contributed by atoms with Crippen molar-refractivity contribution in [3.8, 4) is 11.5 Å². The average molecular weight is 228 g/mol. The minimum absolute atomic E-state index is 0.323. The topological polar surface area (TPSA) is 64.7 Å². The molecule has 0 amide bonds. The zero-order valence-electron chi connectivity index (χ0n) is 10.3. The largest absolute Gasteiger partial charge is 0.384 e. The van der Waals surface area contributed by atoms with Crippen molar-refractivity contribution in [2.24, 2.45) is 0 Å². The molecule has 17 heavy (non-hydrogen) atoms. The summed E-state index contributed by atoms with van der Waals surface area (Å²) in [6, 6.07) is 7.59. The Morgan fingerprint density at radius 1 is 1.12 bits per heavy atom. The second-order valence-electron chi connectivity index (χ2n) is 4.36. The number of aryl methyl sites for hydroxylation is 1. The van der Waals surface area contributed by atoms with Crippen LogP contribution in [0.25, 0.3) is 11.5 Å². The van der Waals surface area contributed by atoms with E-state index < -0.39 is 0 Å². The van der Waals surface area contributed by atoms with Crippen molar-refractivity contribution in [1.82, 2.24) is 15.0 Å². The Hall–Kier alpha value is -1.97. The highest BCUT2D eigenvalue weighted by Crippen LogP contribution is 2.19. The van der Waals surface area contributed by atoms with Crippen LogP contribution in [0, 0.1) is 6.92 Å². The van der Waals surface area contributed by atoms with Gasteiger partial charge in [-0.1, -0.05) is 19.9 Å². The van der Waals surface area contributed by atoms with Gasteiger partial charge in [0.2, 0.25) is 0 Å². The van der Waals surface area contributed by atoms with E-state index >= 15 is 0 Å². The monoisotopic (exact) mass is 228 g/mol. The molecule has 2 rings (SSSR count). The predicted octanol–water partition coefficient (Wildman–Crippen LogP) is 2.55. The van der Waals surface area contributed by atoms with E-state index in [0.717, 1.165) is 17.1 Å². The van der Waals surface area contributed by atoms with Gasteiger partial charge in [0.15, 0.2) is 5.82 Å². The molecule has 2 heterocycles. The number of nitrogens with zero attached hydrogens (tertiary/aromatic N) is 3. The molecule has 2 N–H and O–H groups in total. The van der Waals surface area contributed by atoms with Crippen LogP contribution < -0.4 is 5.73 Å². The first kappa shape index (κ1) is 11.5. The molecular formula is C13H16N4. The highest BCUT2D eigenvalue weighted by molar-refractivity contribution is 5.52. The minimum Gasteiger partial charge on any atom is -0.384 e. The second-order valence-corrected chi connectivity index (χ2v) is 4.36. The fourth-order valence-corrected chi connectivity index (χ4v) is 1.56. The van der Waals surface area contributed by atoms with Crippen molar-refractivity contribution in [3.05, 3.63) is 35.7 Å². The van der Waals surface area contributed by atoms with E-state index in [2.05, 4.69) is 28.8 Å². The Kier molecular flexibility index (Phi) is 3.04. The molecule has 0 unspecified atom stereocenters. The van der Waals surface area contributed by atoms with Crippen LogP contribution in [-0.2, 0) is 0 Å². The van der Waals surface area contributed by atoms with Gasteiger partial charge < -0.3 is 5.73 Å². The third-order valence-corrected chi connectivity index (χ3v) is 2.47. The fourth-order valence-electron chi connectivity index (χ4n) is 1.56. The van der Waals surface area contributed by atoms with Crippen LogP contribution in [0.3, 0.4) is 0 Å². The summed E-state index contributed by atoms with van der Waals surface area (Å²) in [7, 11) is 0. The van der Waals surface area contributed by atoms with E-state index in [-0.39, 0.29) is 0 Å². The molecule has 0 radical (unpaired) electrons. The molecular weight excluding hydrogens is 212 g/mol. The van der Waals surface area contributed by atoms with Crippen molar-refractivity contribution in [1.29, 1.82) is 0 Å². The highest BCUT2D eigenvalue weighted by atomic mass is 15.0. The molecule has 0 saturated heterocycles. The van der Waals surface area contributed by atoms with Gasteiger partial charge in [0.05, 0.1) is 0 Å². The zero-order chi connectivity index (χ0) is 12.4. The lowest BCUT2D eigenvalue weighted by molar-refractivity contribution is 0.817. The Labute approximate surface area is 101 Å². The third-order valence-electron chi connectivity index (χ3n) is 2.47. The molecule has 4 nitrogen and oxygen atoms in total. The van der Waals surface area contributed by atoms with Crippen molar-refractivity contribution in [2.75, 3.05) is 5.73 Å². The Morgan fingerprint density at radius 2 is 1.88 bits per heavy atom. The van der Waals surface area contributed by atoms with E-state index in [9.17, 15) is 0 Å². The molecule has 2 aromatic heterocycles. The molecule has 0 saturated carbocycles. The minimum atomic E-state index is 0.323. The summed E-state index contributed by atoms with van der Waals surface area (Å²) in [6.07, 6.45) is 0. The van der Waals surface area contributed by atoms with Crippen molar-refractivity contribution in [3.63, 3.8) is 0 Å². The summed E-state index contributed by atoms with van der Waals surface area (Å²) >= 11 is 0. The average Bonchev–Trinajstić information content (AvgIpc) is 2.28. The van der Waals surface area contributed by atoms with E-state index in [1.54, 1.807) is 0 Å². The maximum Gasteiger partial charge on any atom is 0.180 e. The van der Waals surface area contributed by atoms with Crippen LogP contribution in [0.4, 0.5) is 5.82 Å². The first-order valence-corrected chi connectivity index (χ1v) is 5.65. The van der Waals surface area contributed by atoms with Crippen molar-refractivity contribution in [2.45, 2.75) is 26.7 Å². The Balaban J connectivity index is 2.52. The number of rotatable bonds is 2. The number of nitrogen functional groups attached to an aromatic ring is 1. The third kappa shape index (κ3) is 2.58. The van der Waals surface area contributed by atoms with E-state index in [1.165, 1.54) is 0 Å². The van der Waals surface area contributed by atoms with Gasteiger partial charge in [-0.3, -0.25) is 0 Å². The number of pyridine rings is 1. The summed E-state index contributed by atoms with van der Waals surface area (Å²) in [6.45, 7) is 6.10. The van der Waals surface area contributed by atoms with Gasteiger partial charge in [0, 0.05) is 17.5 Å². The molecule has 2 aromatic rings. The molecule has 0 aromatic carbocycles. The van der Waals surface area contributed by atoms with Crippen LogP contribution in [0.5, 0.6) is 0 Å². The molecule has 0 spiro atoms. The van der Waals surface area contributed by atoms with Gasteiger partial charge in [-0.15, -0.1) is 0 Å². The van der Waals surface area contributed by atoms with Crippen LogP contribution >= 0.6 is 0 Å². The maximum absolute atomic E-state index is 5.79. The number of nitrogens with two attached hydrogens (primary N) is 1. The first-order chi connectivity index (χ1) is 8.06. The number of anilines is 1. The fraction of sp³-hybridized carbons (Fsp3) is 0.308. The standard InChI is InChI=1S/C13H16N4/c1-8(2)11-7-12(14)17-13(16-11)10-6-4-5-9(3)15-10/h4-8H,1-3H3,(H2,14,16,17). The molecule has 0 aliphatic rings. The normalized spacial score (nSPS) is 10.8. The van der Waals surface area contributed by atoms with Crippen LogP contribution in [0.15, 0.2) is 24.3 Å². The van der Waals surface area contributed by atoms with Crippen molar-refractivity contribution < 1.29 is 0 Å². The van der Waals surface area contributed by atoms with E-state index in [4.69, 9.17) is 5.73 Å². The van der Waals surface area contributed by atoms with Gasteiger partial charge >= 0.3 is 0 Å². The second kappa shape index (κ2) is 4.49. The van der Waals surface area contributed by atoms with E-state index in [1.807, 2.05) is 31.2 Å². The molecule has 0 bridgehead atoms. The highest BCUT2D eigenvalue weighted by Gasteiger charge is 2.09. The lowest BCUT2D eigenvalue weighted by atomic mass is 10.1.